The molecule has 0 bridgehead atoms. The van der Waals surface area contributed by atoms with Crippen molar-refractivity contribution in [3.05, 3.63) is 40.5 Å². The molecule has 0 atom stereocenters. The van der Waals surface area contributed by atoms with Crippen LogP contribution in [-0.4, -0.2) is 29.8 Å². The van der Waals surface area contributed by atoms with Gasteiger partial charge in [-0.2, -0.15) is 0 Å². The van der Waals surface area contributed by atoms with E-state index in [1.54, 1.807) is 18.5 Å². The predicted octanol–water partition coefficient (Wildman–Crippen LogP) is 2.70. The van der Waals surface area contributed by atoms with Crippen LogP contribution in [-0.2, 0) is 9.31 Å². The van der Waals surface area contributed by atoms with Gasteiger partial charge in [0.1, 0.15) is 0 Å². The second-order valence-corrected chi connectivity index (χ2v) is 5.96. The van der Waals surface area contributed by atoms with Gasteiger partial charge >= 0.3 is 7.12 Å². The molecule has 2 heterocycles. The standard InChI is InChI=1S/C14H19BN4O2/c1-13(2)14(3,4)21-15(20-13)12-8-11(9-17-10-12)6-5-7-18-19-16/h5-6,8-10H,7H2,1-4H3. The van der Waals surface area contributed by atoms with Crippen LogP contribution in [0.5, 0.6) is 0 Å². The molecule has 7 heteroatoms. The van der Waals surface area contributed by atoms with Gasteiger partial charge in [0.2, 0.25) is 0 Å². The van der Waals surface area contributed by atoms with Crippen molar-refractivity contribution in [2.75, 3.05) is 6.54 Å². The quantitative estimate of drug-likeness (QED) is 0.369. The van der Waals surface area contributed by atoms with Crippen LogP contribution in [0.25, 0.3) is 16.5 Å². The third kappa shape index (κ3) is 3.45. The maximum atomic E-state index is 8.23. The minimum Gasteiger partial charge on any atom is -0.399 e. The average molecular weight is 286 g/mol. The van der Waals surface area contributed by atoms with E-state index in [1.807, 2.05) is 39.8 Å². The van der Waals surface area contributed by atoms with Crippen molar-refractivity contribution in [1.82, 2.24) is 4.98 Å². The number of aromatic nitrogens is 1. The van der Waals surface area contributed by atoms with Crippen LogP contribution in [0.2, 0.25) is 0 Å². The molecule has 1 aromatic heterocycles. The Kier molecular flexibility index (Phi) is 4.37. The zero-order chi connectivity index (χ0) is 15.5. The summed E-state index contributed by atoms with van der Waals surface area (Å²) < 4.78 is 12.0. The largest absolute Gasteiger partial charge is 0.496 e. The molecule has 0 saturated carbocycles. The van der Waals surface area contributed by atoms with E-state index in [9.17, 15) is 0 Å². The summed E-state index contributed by atoms with van der Waals surface area (Å²) in [6, 6.07) is 1.96. The Morgan fingerprint density at radius 2 is 1.95 bits per heavy atom. The Morgan fingerprint density at radius 1 is 1.29 bits per heavy atom. The van der Waals surface area contributed by atoms with Gasteiger partial charge in [-0.05, 0) is 38.8 Å². The lowest BCUT2D eigenvalue weighted by Crippen LogP contribution is -2.41. The fourth-order valence-corrected chi connectivity index (χ4v) is 1.95. The zero-order valence-electron chi connectivity index (χ0n) is 12.8. The molecule has 0 aliphatic carbocycles. The molecule has 2 rings (SSSR count). The van der Waals surface area contributed by atoms with E-state index in [2.05, 4.69) is 15.0 Å². The van der Waals surface area contributed by atoms with Crippen molar-refractivity contribution in [1.29, 1.82) is 0 Å². The highest BCUT2D eigenvalue weighted by molar-refractivity contribution is 6.62. The van der Waals surface area contributed by atoms with E-state index in [1.165, 1.54) is 0 Å². The normalized spacial score (nSPS) is 19.7. The van der Waals surface area contributed by atoms with Crippen molar-refractivity contribution in [2.24, 2.45) is 5.11 Å². The Labute approximate surface area is 124 Å². The smallest absolute Gasteiger partial charge is 0.399 e. The van der Waals surface area contributed by atoms with Crippen molar-refractivity contribution in [2.45, 2.75) is 38.9 Å². The maximum absolute atomic E-state index is 8.23. The van der Waals surface area contributed by atoms with Gasteiger partial charge in [0.05, 0.1) is 11.2 Å². The molecule has 1 aliphatic rings. The molecular formula is C14H19BN4O2. The molecule has 0 spiro atoms. The van der Waals surface area contributed by atoms with Gasteiger partial charge < -0.3 is 9.31 Å². The monoisotopic (exact) mass is 286 g/mol. The van der Waals surface area contributed by atoms with Crippen molar-refractivity contribution in [3.63, 3.8) is 0 Å². The molecule has 0 radical (unpaired) electrons. The summed E-state index contributed by atoms with van der Waals surface area (Å²) in [6.45, 7) is 8.39. The summed E-state index contributed by atoms with van der Waals surface area (Å²) in [7, 11) is -0.423. The molecule has 0 N–H and O–H groups in total. The third-order valence-corrected chi connectivity index (χ3v) is 3.87. The fraction of sp³-hybridized carbons (Fsp3) is 0.500. The van der Waals surface area contributed by atoms with Crippen molar-refractivity contribution < 1.29 is 9.31 Å². The molecule has 0 amide bonds. The zero-order valence-corrected chi connectivity index (χ0v) is 12.8. The SMILES string of the molecule is CC1(C)OB(c2cncc(C=CCN=[N+]=[N-])c2)OC1(C)C. The van der Waals surface area contributed by atoms with Crippen LogP contribution in [0.4, 0.5) is 0 Å². The van der Waals surface area contributed by atoms with Crippen LogP contribution >= 0.6 is 0 Å². The van der Waals surface area contributed by atoms with Gasteiger partial charge in [-0.25, -0.2) is 0 Å². The van der Waals surface area contributed by atoms with Gasteiger partial charge in [0.25, 0.3) is 0 Å². The van der Waals surface area contributed by atoms with Crippen LogP contribution in [0, 0.1) is 0 Å². The number of hydrogen-bond acceptors (Lipinski definition) is 4. The molecule has 1 fully saturated rings. The molecule has 0 unspecified atom stereocenters. The van der Waals surface area contributed by atoms with E-state index >= 15 is 0 Å². The first-order chi connectivity index (χ1) is 9.86. The molecule has 1 saturated heterocycles. The highest BCUT2D eigenvalue weighted by Gasteiger charge is 2.51. The minimum absolute atomic E-state index is 0.317. The second kappa shape index (κ2) is 5.89. The molecule has 1 aromatic rings. The Hall–Kier alpha value is -1.82. The first kappa shape index (κ1) is 15.6. The summed E-state index contributed by atoms with van der Waals surface area (Å²) in [5.74, 6) is 0. The molecular weight excluding hydrogens is 267 g/mol. The summed E-state index contributed by atoms with van der Waals surface area (Å²) in [5, 5.41) is 3.45. The number of pyridine rings is 1. The number of nitrogens with zero attached hydrogens (tertiary/aromatic N) is 4. The van der Waals surface area contributed by atoms with Gasteiger partial charge in [-0.3, -0.25) is 4.98 Å². The van der Waals surface area contributed by atoms with E-state index < -0.39 is 7.12 Å². The van der Waals surface area contributed by atoms with Crippen LogP contribution < -0.4 is 5.46 Å². The lowest BCUT2D eigenvalue weighted by molar-refractivity contribution is 0.00578. The maximum Gasteiger partial charge on any atom is 0.496 e. The summed E-state index contributed by atoms with van der Waals surface area (Å²) in [6.07, 6.45) is 7.12. The van der Waals surface area contributed by atoms with Gasteiger partial charge in [0.15, 0.2) is 0 Å². The highest BCUT2D eigenvalue weighted by atomic mass is 16.7. The van der Waals surface area contributed by atoms with E-state index in [-0.39, 0.29) is 11.2 Å². The second-order valence-electron chi connectivity index (χ2n) is 5.96. The van der Waals surface area contributed by atoms with Crippen LogP contribution in [0.3, 0.4) is 0 Å². The Bertz CT molecular complexity index is 578. The molecule has 6 nitrogen and oxygen atoms in total. The van der Waals surface area contributed by atoms with Crippen molar-refractivity contribution in [3.8, 4) is 0 Å². The van der Waals surface area contributed by atoms with Crippen LogP contribution in [0.1, 0.15) is 33.3 Å². The first-order valence-corrected chi connectivity index (χ1v) is 6.84. The van der Waals surface area contributed by atoms with E-state index in [4.69, 9.17) is 14.8 Å². The minimum atomic E-state index is -0.423. The lowest BCUT2D eigenvalue weighted by atomic mass is 9.80. The summed E-state index contributed by atoms with van der Waals surface area (Å²) in [4.78, 5) is 6.91. The predicted molar refractivity (Wildman–Crippen MR) is 83.0 cm³/mol. The highest BCUT2D eigenvalue weighted by Crippen LogP contribution is 2.36. The summed E-state index contributed by atoms with van der Waals surface area (Å²) in [5.41, 5.74) is 9.28. The van der Waals surface area contributed by atoms with Gasteiger partial charge in [-0.1, -0.05) is 23.3 Å². The number of rotatable bonds is 4. The Balaban J connectivity index is 2.15. The van der Waals surface area contributed by atoms with E-state index in [0.29, 0.717) is 6.54 Å². The van der Waals surface area contributed by atoms with Gasteiger partial charge in [0, 0.05) is 29.3 Å². The first-order valence-electron chi connectivity index (χ1n) is 6.84. The molecule has 0 aromatic carbocycles. The van der Waals surface area contributed by atoms with Crippen molar-refractivity contribution >= 4 is 18.7 Å². The number of hydrogen-bond donors (Lipinski definition) is 0. The fourth-order valence-electron chi connectivity index (χ4n) is 1.95. The topological polar surface area (TPSA) is 80.1 Å². The number of azide groups is 1. The van der Waals surface area contributed by atoms with E-state index in [0.717, 1.165) is 11.0 Å². The lowest BCUT2D eigenvalue weighted by Gasteiger charge is -2.32. The summed E-state index contributed by atoms with van der Waals surface area (Å²) >= 11 is 0. The molecule has 21 heavy (non-hydrogen) atoms. The average Bonchev–Trinajstić information content (AvgIpc) is 2.64. The van der Waals surface area contributed by atoms with Gasteiger partial charge in [-0.15, -0.1) is 0 Å². The Morgan fingerprint density at radius 3 is 2.57 bits per heavy atom. The third-order valence-electron chi connectivity index (χ3n) is 3.87. The molecule has 1 aliphatic heterocycles. The molecule has 110 valence electrons. The van der Waals surface area contributed by atoms with Crippen LogP contribution in [0.15, 0.2) is 29.7 Å².